The lowest BCUT2D eigenvalue weighted by Gasteiger charge is -2.11. The van der Waals surface area contributed by atoms with Gasteiger partial charge in [0.05, 0.1) is 0 Å². The Hall–Kier alpha value is -1.60. The van der Waals surface area contributed by atoms with Crippen LogP contribution in [0.2, 0.25) is 0 Å². The van der Waals surface area contributed by atoms with Gasteiger partial charge in [-0.25, -0.2) is 0 Å². The van der Waals surface area contributed by atoms with Gasteiger partial charge in [0.25, 0.3) is 0 Å². The molecular weight excluding hydrogens is 196 g/mol. The summed E-state index contributed by atoms with van der Waals surface area (Å²) < 4.78 is 5.46. The lowest BCUT2D eigenvalue weighted by Crippen LogP contribution is -1.98. The highest BCUT2D eigenvalue weighted by atomic mass is 16.5. The third-order valence-corrected chi connectivity index (χ3v) is 2.67. The van der Waals surface area contributed by atoms with Gasteiger partial charge in [-0.1, -0.05) is 66.8 Å². The first-order chi connectivity index (χ1) is 7.90. The van der Waals surface area contributed by atoms with Gasteiger partial charge < -0.3 is 4.74 Å². The summed E-state index contributed by atoms with van der Waals surface area (Å²) in [6, 6.07) is 10.2. The summed E-state index contributed by atoms with van der Waals surface area (Å²) in [4.78, 5) is 0. The summed E-state index contributed by atoms with van der Waals surface area (Å²) in [7, 11) is 1.74. The molecule has 16 heavy (non-hydrogen) atoms. The molecule has 0 aliphatic heterocycles. The lowest BCUT2D eigenvalue weighted by atomic mass is 10.1. The molecule has 1 aromatic carbocycles. The van der Waals surface area contributed by atoms with Gasteiger partial charge >= 0.3 is 0 Å². The van der Waals surface area contributed by atoms with Gasteiger partial charge in [0, 0.05) is 13.0 Å². The topological polar surface area (TPSA) is 9.23 Å². The van der Waals surface area contributed by atoms with Crippen molar-refractivity contribution in [2.45, 2.75) is 6.10 Å². The Kier molecular flexibility index (Phi) is 3.73. The molecule has 1 aliphatic rings. The lowest BCUT2D eigenvalue weighted by molar-refractivity contribution is 0.142. The average Bonchev–Trinajstić information content (AvgIpc) is 2.84. The molecule has 1 heteroatoms. The molecule has 0 saturated carbocycles. The molecule has 1 aromatic rings. The maximum absolute atomic E-state index is 5.46. The Labute approximate surface area is 96.8 Å². The van der Waals surface area contributed by atoms with Crippen molar-refractivity contribution < 1.29 is 4.74 Å². The van der Waals surface area contributed by atoms with Crippen LogP contribution in [0.15, 0.2) is 66.8 Å². The van der Waals surface area contributed by atoms with Crippen LogP contribution in [-0.2, 0) is 4.74 Å². The number of ether oxygens (including phenoxy) is 1. The van der Waals surface area contributed by atoms with E-state index < -0.39 is 0 Å². The van der Waals surface area contributed by atoms with Gasteiger partial charge in [-0.15, -0.1) is 0 Å². The minimum atomic E-state index is 0.0450. The van der Waals surface area contributed by atoms with Gasteiger partial charge in [-0.2, -0.15) is 0 Å². The van der Waals surface area contributed by atoms with E-state index in [1.165, 1.54) is 5.56 Å². The van der Waals surface area contributed by atoms with Crippen molar-refractivity contribution in [2.24, 2.45) is 5.92 Å². The fraction of sp³-hybridized carbons (Fsp3) is 0.200. The zero-order valence-corrected chi connectivity index (χ0v) is 9.41. The van der Waals surface area contributed by atoms with E-state index in [0.29, 0.717) is 5.92 Å². The minimum Gasteiger partial charge on any atom is -0.373 e. The van der Waals surface area contributed by atoms with Crippen molar-refractivity contribution in [3.63, 3.8) is 0 Å². The van der Waals surface area contributed by atoms with Crippen molar-refractivity contribution in [3.8, 4) is 0 Å². The molecule has 0 fully saturated rings. The van der Waals surface area contributed by atoms with Crippen LogP contribution in [0.4, 0.5) is 0 Å². The summed E-state index contributed by atoms with van der Waals surface area (Å²) in [6.45, 7) is 0. The summed E-state index contributed by atoms with van der Waals surface area (Å²) in [5.74, 6) is 0.418. The number of hydrogen-bond acceptors (Lipinski definition) is 1. The van der Waals surface area contributed by atoms with E-state index >= 15 is 0 Å². The molecule has 0 saturated heterocycles. The van der Waals surface area contributed by atoms with Crippen molar-refractivity contribution in [1.82, 2.24) is 0 Å². The van der Waals surface area contributed by atoms with Gasteiger partial charge in [0.15, 0.2) is 0 Å². The van der Waals surface area contributed by atoms with Crippen molar-refractivity contribution >= 4 is 0 Å². The van der Waals surface area contributed by atoms with Crippen LogP contribution in [0, 0.1) is 5.92 Å². The first-order valence-electron chi connectivity index (χ1n) is 5.51. The Morgan fingerprint density at radius 1 is 1.12 bits per heavy atom. The van der Waals surface area contributed by atoms with Gasteiger partial charge in [0.1, 0.15) is 6.10 Å². The summed E-state index contributed by atoms with van der Waals surface area (Å²) in [5, 5.41) is 0. The molecule has 1 unspecified atom stereocenters. The zero-order valence-electron chi connectivity index (χ0n) is 9.41. The first-order valence-corrected chi connectivity index (χ1v) is 5.51. The number of hydrogen-bond donors (Lipinski definition) is 0. The molecular formula is C15H16O. The first kappa shape index (κ1) is 10.9. The van der Waals surface area contributed by atoms with Gasteiger partial charge in [0.2, 0.25) is 0 Å². The maximum Gasteiger partial charge on any atom is 0.100 e. The third-order valence-electron chi connectivity index (χ3n) is 2.67. The molecule has 0 spiro atoms. The number of benzene rings is 1. The number of allylic oxidation sites excluding steroid dienone is 5. The zero-order chi connectivity index (χ0) is 11.2. The molecule has 0 bridgehead atoms. The highest BCUT2D eigenvalue weighted by Crippen LogP contribution is 2.20. The van der Waals surface area contributed by atoms with E-state index in [-0.39, 0.29) is 6.10 Å². The van der Waals surface area contributed by atoms with E-state index in [1.54, 1.807) is 7.11 Å². The van der Waals surface area contributed by atoms with Crippen molar-refractivity contribution in [2.75, 3.05) is 7.11 Å². The minimum absolute atomic E-state index is 0.0450. The Bertz CT molecular complexity index is 389. The average molecular weight is 212 g/mol. The Morgan fingerprint density at radius 3 is 2.44 bits per heavy atom. The normalized spacial score (nSPS) is 17.3. The smallest absolute Gasteiger partial charge is 0.100 e. The third kappa shape index (κ3) is 2.71. The van der Waals surface area contributed by atoms with Gasteiger partial charge in [-0.3, -0.25) is 0 Å². The molecule has 0 aromatic heterocycles. The molecule has 1 nitrogen and oxygen atoms in total. The molecule has 0 radical (unpaired) electrons. The fourth-order valence-electron chi connectivity index (χ4n) is 1.78. The highest BCUT2D eigenvalue weighted by Gasteiger charge is 2.06. The predicted molar refractivity (Wildman–Crippen MR) is 67.1 cm³/mol. The van der Waals surface area contributed by atoms with Crippen LogP contribution in [-0.4, -0.2) is 7.11 Å². The molecule has 1 atom stereocenters. The molecule has 2 rings (SSSR count). The quantitative estimate of drug-likeness (QED) is 0.692. The fourth-order valence-corrected chi connectivity index (χ4v) is 1.78. The van der Waals surface area contributed by atoms with Crippen molar-refractivity contribution in [1.29, 1.82) is 0 Å². The van der Waals surface area contributed by atoms with E-state index in [2.05, 4.69) is 48.6 Å². The van der Waals surface area contributed by atoms with Crippen LogP contribution in [0.5, 0.6) is 0 Å². The van der Waals surface area contributed by atoms with E-state index in [0.717, 1.165) is 0 Å². The number of rotatable bonds is 4. The van der Waals surface area contributed by atoms with E-state index in [9.17, 15) is 0 Å². The molecule has 0 N–H and O–H groups in total. The Balaban J connectivity index is 2.06. The predicted octanol–water partition coefficient (Wildman–Crippen LogP) is 3.67. The second-order valence-corrected chi connectivity index (χ2v) is 3.80. The van der Waals surface area contributed by atoms with Crippen LogP contribution < -0.4 is 0 Å². The second kappa shape index (κ2) is 5.47. The maximum atomic E-state index is 5.46. The highest BCUT2D eigenvalue weighted by molar-refractivity contribution is 5.26. The summed E-state index contributed by atoms with van der Waals surface area (Å²) in [5.41, 5.74) is 1.19. The molecule has 82 valence electrons. The largest absolute Gasteiger partial charge is 0.373 e. The van der Waals surface area contributed by atoms with Crippen LogP contribution in [0.3, 0.4) is 0 Å². The SMILES string of the molecule is COC(C=CC1C=CC=C1)c1ccccc1. The standard InChI is InChI=1S/C15H16O/c1-16-15(14-9-3-2-4-10-14)12-11-13-7-5-6-8-13/h2-13,15H,1H3. The monoisotopic (exact) mass is 212 g/mol. The molecule has 0 heterocycles. The van der Waals surface area contributed by atoms with Crippen LogP contribution >= 0.6 is 0 Å². The van der Waals surface area contributed by atoms with Gasteiger partial charge in [-0.05, 0) is 5.56 Å². The summed E-state index contributed by atoms with van der Waals surface area (Å²) >= 11 is 0. The van der Waals surface area contributed by atoms with E-state index in [4.69, 9.17) is 4.74 Å². The second-order valence-electron chi connectivity index (χ2n) is 3.80. The van der Waals surface area contributed by atoms with Crippen molar-refractivity contribution in [3.05, 3.63) is 72.4 Å². The van der Waals surface area contributed by atoms with Crippen LogP contribution in [0.25, 0.3) is 0 Å². The number of methoxy groups -OCH3 is 1. The summed E-state index contributed by atoms with van der Waals surface area (Å²) in [6.07, 6.45) is 12.8. The Morgan fingerprint density at radius 2 is 1.81 bits per heavy atom. The molecule has 1 aliphatic carbocycles. The van der Waals surface area contributed by atoms with E-state index in [1.807, 2.05) is 18.2 Å². The van der Waals surface area contributed by atoms with Crippen LogP contribution in [0.1, 0.15) is 11.7 Å². The molecule has 0 amide bonds.